The van der Waals surface area contributed by atoms with Gasteiger partial charge in [-0.2, -0.15) is 4.98 Å². The normalized spacial score (nSPS) is 19.4. The summed E-state index contributed by atoms with van der Waals surface area (Å²) in [5.74, 6) is 0.789. The summed E-state index contributed by atoms with van der Waals surface area (Å²) in [6.45, 7) is 0. The lowest BCUT2D eigenvalue weighted by atomic mass is 9.82. The Morgan fingerprint density at radius 2 is 2.04 bits per heavy atom. The Hall–Kier alpha value is -1.82. The monoisotopic (exact) mass is 428 g/mol. The van der Waals surface area contributed by atoms with Crippen molar-refractivity contribution in [3.8, 4) is 5.88 Å². The van der Waals surface area contributed by atoms with E-state index in [-0.39, 0.29) is 36.7 Å². The zero-order valence-corrected chi connectivity index (χ0v) is 16.9. The number of hydrogen-bond acceptors (Lipinski definition) is 4. The number of carbonyl (C=O) groups is 2. The predicted molar refractivity (Wildman–Crippen MR) is 108 cm³/mol. The van der Waals surface area contributed by atoms with Crippen LogP contribution in [0.4, 0.5) is 5.82 Å². The van der Waals surface area contributed by atoms with E-state index in [2.05, 4.69) is 4.98 Å². The summed E-state index contributed by atoms with van der Waals surface area (Å²) in [5.41, 5.74) is 0.951. The number of amides is 1. The first-order chi connectivity index (χ1) is 12.5. The van der Waals surface area contributed by atoms with Gasteiger partial charge in [-0.25, -0.2) is 0 Å². The van der Waals surface area contributed by atoms with Gasteiger partial charge in [0.05, 0.1) is 23.2 Å². The fourth-order valence-electron chi connectivity index (χ4n) is 3.41. The molecule has 1 amide bonds. The Morgan fingerprint density at radius 1 is 1.26 bits per heavy atom. The molecule has 1 unspecified atom stereocenters. The van der Waals surface area contributed by atoms with Gasteiger partial charge in [-0.1, -0.05) is 35.3 Å². The SMILES string of the molecule is COc1cccc(N2C(=O)CC[C@@H](c3ccc(Cl)c(Cl)c3)C2CC=O)n1.Cl. The van der Waals surface area contributed by atoms with Gasteiger partial charge in [0.15, 0.2) is 0 Å². The summed E-state index contributed by atoms with van der Waals surface area (Å²) in [6.07, 6.45) is 2.03. The minimum atomic E-state index is -0.342. The second-order valence-electron chi connectivity index (χ2n) is 6.09. The molecule has 0 aliphatic carbocycles. The second-order valence-corrected chi connectivity index (χ2v) is 6.90. The van der Waals surface area contributed by atoms with Gasteiger partial charge in [0.1, 0.15) is 12.1 Å². The molecule has 5 nitrogen and oxygen atoms in total. The second kappa shape index (κ2) is 9.40. The molecule has 0 N–H and O–H groups in total. The molecule has 1 fully saturated rings. The summed E-state index contributed by atoms with van der Waals surface area (Å²) in [7, 11) is 1.52. The molecule has 0 radical (unpaired) electrons. The Bertz CT molecular complexity index is 832. The molecule has 27 heavy (non-hydrogen) atoms. The molecule has 3 rings (SSSR count). The van der Waals surface area contributed by atoms with Gasteiger partial charge in [-0.15, -0.1) is 12.4 Å². The van der Waals surface area contributed by atoms with Gasteiger partial charge in [0.25, 0.3) is 0 Å². The van der Waals surface area contributed by atoms with Crippen molar-refractivity contribution in [3.63, 3.8) is 0 Å². The fourth-order valence-corrected chi connectivity index (χ4v) is 3.71. The highest BCUT2D eigenvalue weighted by molar-refractivity contribution is 6.42. The number of benzene rings is 1. The number of aldehydes is 1. The number of carbonyl (C=O) groups excluding carboxylic acids is 2. The lowest BCUT2D eigenvalue weighted by Crippen LogP contribution is -2.48. The first-order valence-corrected chi connectivity index (χ1v) is 9.02. The third-order valence-corrected chi connectivity index (χ3v) is 5.35. The molecule has 1 aromatic heterocycles. The largest absolute Gasteiger partial charge is 0.481 e. The Morgan fingerprint density at radius 3 is 2.70 bits per heavy atom. The quantitative estimate of drug-likeness (QED) is 0.647. The van der Waals surface area contributed by atoms with Crippen LogP contribution in [-0.2, 0) is 9.59 Å². The van der Waals surface area contributed by atoms with Crippen LogP contribution in [0.25, 0.3) is 0 Å². The molecule has 0 spiro atoms. The minimum Gasteiger partial charge on any atom is -0.481 e. The zero-order chi connectivity index (χ0) is 18.7. The van der Waals surface area contributed by atoms with E-state index in [0.29, 0.717) is 34.6 Å². The van der Waals surface area contributed by atoms with Crippen molar-refractivity contribution in [1.82, 2.24) is 4.98 Å². The van der Waals surface area contributed by atoms with Gasteiger partial charge in [0, 0.05) is 24.8 Å². The number of nitrogens with zero attached hydrogens (tertiary/aromatic N) is 2. The van der Waals surface area contributed by atoms with Crippen LogP contribution in [0.3, 0.4) is 0 Å². The molecular formula is C19H19Cl3N2O3. The molecule has 8 heteroatoms. The Labute approximate surface area is 174 Å². The van der Waals surface area contributed by atoms with Crippen LogP contribution in [0, 0.1) is 0 Å². The summed E-state index contributed by atoms with van der Waals surface area (Å²) >= 11 is 12.2. The van der Waals surface area contributed by atoms with E-state index in [9.17, 15) is 9.59 Å². The molecule has 144 valence electrons. The lowest BCUT2D eigenvalue weighted by molar-refractivity contribution is -0.120. The third-order valence-electron chi connectivity index (χ3n) is 4.61. The average molecular weight is 430 g/mol. The number of anilines is 1. The summed E-state index contributed by atoms with van der Waals surface area (Å²) in [5, 5.41) is 0.928. The smallest absolute Gasteiger partial charge is 0.228 e. The van der Waals surface area contributed by atoms with Crippen LogP contribution in [0.5, 0.6) is 5.88 Å². The van der Waals surface area contributed by atoms with Gasteiger partial charge < -0.3 is 9.53 Å². The van der Waals surface area contributed by atoms with Gasteiger partial charge in [-0.3, -0.25) is 9.69 Å². The number of methoxy groups -OCH3 is 1. The van der Waals surface area contributed by atoms with E-state index >= 15 is 0 Å². The maximum absolute atomic E-state index is 12.7. The minimum absolute atomic E-state index is 0. The van der Waals surface area contributed by atoms with Crippen molar-refractivity contribution < 1.29 is 14.3 Å². The highest BCUT2D eigenvalue weighted by Crippen LogP contribution is 2.39. The Kier molecular flexibility index (Phi) is 7.48. The molecule has 1 aromatic carbocycles. The van der Waals surface area contributed by atoms with Crippen LogP contribution in [0.2, 0.25) is 10.0 Å². The molecule has 0 bridgehead atoms. The number of ether oxygens (including phenoxy) is 1. The lowest BCUT2D eigenvalue weighted by Gasteiger charge is -2.40. The molecule has 1 aliphatic rings. The zero-order valence-electron chi connectivity index (χ0n) is 14.6. The van der Waals surface area contributed by atoms with Crippen LogP contribution in [0.15, 0.2) is 36.4 Å². The van der Waals surface area contributed by atoms with Crippen LogP contribution >= 0.6 is 35.6 Å². The van der Waals surface area contributed by atoms with Gasteiger partial charge in [0.2, 0.25) is 11.8 Å². The molecule has 2 aromatic rings. The van der Waals surface area contributed by atoms with Crippen LogP contribution in [-0.4, -0.2) is 30.3 Å². The van der Waals surface area contributed by atoms with E-state index in [4.69, 9.17) is 27.9 Å². The first kappa shape index (κ1) is 21.5. The summed E-state index contributed by atoms with van der Waals surface area (Å²) < 4.78 is 5.17. The number of pyridine rings is 1. The summed E-state index contributed by atoms with van der Waals surface area (Å²) in [4.78, 5) is 30.0. The molecule has 2 atom stereocenters. The molecular weight excluding hydrogens is 411 g/mol. The predicted octanol–water partition coefficient (Wildman–Crippen LogP) is 4.69. The van der Waals surface area contributed by atoms with Gasteiger partial charge >= 0.3 is 0 Å². The van der Waals surface area contributed by atoms with E-state index < -0.39 is 0 Å². The average Bonchev–Trinajstić information content (AvgIpc) is 2.65. The van der Waals surface area contributed by atoms with E-state index in [1.165, 1.54) is 7.11 Å². The maximum atomic E-state index is 12.7. The number of aromatic nitrogens is 1. The van der Waals surface area contributed by atoms with Crippen molar-refractivity contribution >= 4 is 53.6 Å². The van der Waals surface area contributed by atoms with Gasteiger partial charge in [-0.05, 0) is 30.2 Å². The van der Waals surface area contributed by atoms with E-state index in [0.717, 1.165) is 11.8 Å². The Balaban J connectivity index is 0.00000261. The van der Waals surface area contributed by atoms with E-state index in [1.807, 2.05) is 6.07 Å². The number of piperidine rings is 1. The third kappa shape index (κ3) is 4.54. The molecule has 1 aliphatic heterocycles. The van der Waals surface area contributed by atoms with Crippen molar-refractivity contribution in [2.24, 2.45) is 0 Å². The van der Waals surface area contributed by atoms with E-state index in [1.54, 1.807) is 35.2 Å². The fraction of sp³-hybridized carbons (Fsp3) is 0.316. The van der Waals surface area contributed by atoms with Crippen molar-refractivity contribution in [2.75, 3.05) is 12.0 Å². The topological polar surface area (TPSA) is 59.5 Å². The van der Waals surface area contributed by atoms with Crippen LogP contribution in [0.1, 0.15) is 30.7 Å². The van der Waals surface area contributed by atoms with Crippen molar-refractivity contribution in [3.05, 3.63) is 52.0 Å². The number of halogens is 3. The van der Waals surface area contributed by atoms with Crippen molar-refractivity contribution in [1.29, 1.82) is 0 Å². The molecule has 2 heterocycles. The summed E-state index contributed by atoms with van der Waals surface area (Å²) in [6, 6.07) is 10.3. The maximum Gasteiger partial charge on any atom is 0.228 e. The molecule has 0 saturated carbocycles. The van der Waals surface area contributed by atoms with Crippen LogP contribution < -0.4 is 9.64 Å². The number of hydrogen-bond donors (Lipinski definition) is 0. The first-order valence-electron chi connectivity index (χ1n) is 8.27. The standard InChI is InChI=1S/C19H18Cl2N2O3.ClH/c1-26-18-4-2-3-17(22-18)23-16(9-10-24)13(6-8-19(23)25)12-5-7-14(20)15(21)11-12;/h2-5,7,10-11,13,16H,6,8-9H2,1H3;1H/t13-,16?;/m0./s1. The van der Waals surface area contributed by atoms with Crippen molar-refractivity contribution in [2.45, 2.75) is 31.2 Å². The highest BCUT2D eigenvalue weighted by Gasteiger charge is 2.38. The molecule has 1 saturated heterocycles. The highest BCUT2D eigenvalue weighted by atomic mass is 35.5. The number of rotatable bonds is 5.